The Hall–Kier alpha value is -4.05. The minimum absolute atomic E-state index is 0.0666. The zero-order chi connectivity index (χ0) is 29.3. The van der Waals surface area contributed by atoms with Crippen molar-refractivity contribution in [3.05, 3.63) is 83.9 Å². The summed E-state index contributed by atoms with van der Waals surface area (Å²) in [6.07, 6.45) is 0.358. The van der Waals surface area contributed by atoms with E-state index in [1.807, 2.05) is 45.0 Å². The number of methoxy groups -OCH3 is 2. The van der Waals surface area contributed by atoms with Crippen LogP contribution in [0.1, 0.15) is 31.4 Å². The van der Waals surface area contributed by atoms with Crippen molar-refractivity contribution < 1.29 is 27.5 Å². The van der Waals surface area contributed by atoms with Crippen LogP contribution in [0.3, 0.4) is 0 Å². The number of hydrogen-bond acceptors (Lipinski definition) is 6. The van der Waals surface area contributed by atoms with Gasteiger partial charge in [0, 0.05) is 19.2 Å². The van der Waals surface area contributed by atoms with Crippen LogP contribution in [0.2, 0.25) is 0 Å². The quantitative estimate of drug-likeness (QED) is 0.333. The number of nitrogens with zero attached hydrogens (tertiary/aromatic N) is 2. The Balaban J connectivity index is 2.08. The van der Waals surface area contributed by atoms with Crippen molar-refractivity contribution in [3.63, 3.8) is 0 Å². The summed E-state index contributed by atoms with van der Waals surface area (Å²) >= 11 is 0. The molecule has 10 heteroatoms. The van der Waals surface area contributed by atoms with E-state index < -0.39 is 28.5 Å². The second kappa shape index (κ2) is 13.8. The van der Waals surface area contributed by atoms with Crippen LogP contribution in [0.5, 0.6) is 11.5 Å². The van der Waals surface area contributed by atoms with E-state index in [-0.39, 0.29) is 23.1 Å². The van der Waals surface area contributed by atoms with Crippen molar-refractivity contribution in [2.75, 3.05) is 31.6 Å². The number of hydrogen-bond donors (Lipinski definition) is 1. The first-order valence-corrected chi connectivity index (χ1v) is 14.5. The Morgan fingerprint density at radius 3 is 2.15 bits per heavy atom. The van der Waals surface area contributed by atoms with Crippen molar-refractivity contribution in [1.82, 2.24) is 10.2 Å². The average molecular weight is 568 g/mol. The number of carbonyl (C=O) groups is 2. The molecule has 3 aromatic rings. The monoisotopic (exact) mass is 567 g/mol. The molecule has 3 rings (SSSR count). The maximum atomic E-state index is 14.0. The zero-order valence-electron chi connectivity index (χ0n) is 23.6. The van der Waals surface area contributed by atoms with E-state index in [9.17, 15) is 18.0 Å². The molecule has 0 aliphatic carbocycles. The van der Waals surface area contributed by atoms with Gasteiger partial charge in [-0.15, -0.1) is 0 Å². The molecule has 0 aliphatic rings. The molecule has 1 atom stereocenters. The smallest absolute Gasteiger partial charge is 0.264 e. The highest BCUT2D eigenvalue weighted by atomic mass is 32.2. The molecule has 0 aliphatic heterocycles. The molecule has 214 valence electrons. The molecule has 0 heterocycles. The molecule has 3 aromatic carbocycles. The van der Waals surface area contributed by atoms with Crippen LogP contribution in [0.15, 0.2) is 77.7 Å². The van der Waals surface area contributed by atoms with Gasteiger partial charge < -0.3 is 19.7 Å². The van der Waals surface area contributed by atoms with Crippen LogP contribution in [0.25, 0.3) is 0 Å². The molecule has 0 fully saturated rings. The van der Waals surface area contributed by atoms with Crippen molar-refractivity contribution in [2.24, 2.45) is 0 Å². The normalized spacial score (nSPS) is 11.8. The van der Waals surface area contributed by atoms with E-state index in [1.165, 1.54) is 37.3 Å². The van der Waals surface area contributed by atoms with E-state index in [2.05, 4.69) is 5.32 Å². The third kappa shape index (κ3) is 6.93. The first-order valence-electron chi connectivity index (χ1n) is 13.1. The summed E-state index contributed by atoms with van der Waals surface area (Å²) in [6, 6.07) is 19.5. The van der Waals surface area contributed by atoms with E-state index in [0.29, 0.717) is 24.4 Å². The largest absolute Gasteiger partial charge is 0.493 e. The highest BCUT2D eigenvalue weighted by Crippen LogP contribution is 2.32. The summed E-state index contributed by atoms with van der Waals surface area (Å²) in [5.41, 5.74) is 2.14. The Kier molecular flexibility index (Phi) is 10.6. The number of benzene rings is 3. The highest BCUT2D eigenvalue weighted by molar-refractivity contribution is 7.92. The Bertz CT molecular complexity index is 1410. The summed E-state index contributed by atoms with van der Waals surface area (Å²) in [6.45, 7) is 5.62. The van der Waals surface area contributed by atoms with E-state index >= 15 is 0 Å². The zero-order valence-corrected chi connectivity index (χ0v) is 24.4. The van der Waals surface area contributed by atoms with Gasteiger partial charge in [-0.25, -0.2) is 8.42 Å². The second-order valence-electron chi connectivity index (χ2n) is 9.13. The Morgan fingerprint density at radius 2 is 1.55 bits per heavy atom. The van der Waals surface area contributed by atoms with Crippen LogP contribution in [0, 0.1) is 6.92 Å². The lowest BCUT2D eigenvalue weighted by Gasteiger charge is -2.33. The molecular formula is C30H37N3O6S. The maximum Gasteiger partial charge on any atom is 0.264 e. The maximum absolute atomic E-state index is 14.0. The number of sulfonamides is 1. The number of ether oxygens (including phenoxy) is 2. The van der Waals surface area contributed by atoms with Gasteiger partial charge in [-0.1, -0.05) is 49.4 Å². The molecule has 1 N–H and O–H groups in total. The van der Waals surface area contributed by atoms with Gasteiger partial charge in [0.2, 0.25) is 11.8 Å². The predicted octanol–water partition coefficient (Wildman–Crippen LogP) is 4.15. The fourth-order valence-corrected chi connectivity index (χ4v) is 5.84. The van der Waals surface area contributed by atoms with Crippen molar-refractivity contribution in [3.8, 4) is 11.5 Å². The molecule has 0 aromatic heterocycles. The standard InChI is InChI=1S/C30H37N3O6S/c1-6-26(30(35)31-7-2)32(20-23-14-12-11-13-22(23)3)29(34)21-33(24-15-9-8-10-16-24)40(36,37)25-17-18-27(38-4)28(19-25)39-5/h8-19,26H,6-7,20-21H2,1-5H3,(H,31,35)/t26-/m1/s1. The predicted molar refractivity (Wildman–Crippen MR) is 155 cm³/mol. The van der Waals surface area contributed by atoms with Crippen molar-refractivity contribution in [1.29, 1.82) is 0 Å². The van der Waals surface area contributed by atoms with E-state index in [1.54, 1.807) is 30.3 Å². The summed E-state index contributed by atoms with van der Waals surface area (Å²) in [7, 11) is -1.35. The first-order chi connectivity index (χ1) is 19.2. The number of amides is 2. The van der Waals surface area contributed by atoms with Gasteiger partial charge in [-0.3, -0.25) is 13.9 Å². The Labute approximate surface area is 236 Å². The van der Waals surface area contributed by atoms with Crippen molar-refractivity contribution in [2.45, 2.75) is 44.7 Å². The van der Waals surface area contributed by atoms with Gasteiger partial charge in [-0.2, -0.15) is 0 Å². The minimum atomic E-state index is -4.23. The number of rotatable bonds is 13. The Morgan fingerprint density at radius 1 is 0.900 bits per heavy atom. The number of anilines is 1. The third-order valence-electron chi connectivity index (χ3n) is 6.60. The highest BCUT2D eigenvalue weighted by Gasteiger charge is 2.34. The number of carbonyl (C=O) groups excluding carboxylic acids is 2. The molecule has 0 saturated heterocycles. The molecule has 0 radical (unpaired) electrons. The summed E-state index contributed by atoms with van der Waals surface area (Å²) in [5, 5.41) is 2.81. The van der Waals surface area contributed by atoms with Crippen LogP contribution in [-0.4, -0.2) is 58.5 Å². The van der Waals surface area contributed by atoms with Gasteiger partial charge in [0.05, 0.1) is 24.8 Å². The average Bonchev–Trinajstić information content (AvgIpc) is 2.96. The molecular weight excluding hydrogens is 530 g/mol. The number of para-hydroxylation sites is 1. The van der Waals surface area contributed by atoms with Gasteiger partial charge in [0.1, 0.15) is 12.6 Å². The summed E-state index contributed by atoms with van der Waals surface area (Å²) in [5.74, 6) is -0.178. The molecule has 40 heavy (non-hydrogen) atoms. The lowest BCUT2D eigenvalue weighted by atomic mass is 10.1. The minimum Gasteiger partial charge on any atom is -0.493 e. The lowest BCUT2D eigenvalue weighted by Crippen LogP contribution is -2.52. The molecule has 2 amide bonds. The number of likely N-dealkylation sites (N-methyl/N-ethyl adjacent to an activating group) is 1. The van der Waals surface area contributed by atoms with Crippen LogP contribution in [-0.2, 0) is 26.2 Å². The number of nitrogens with one attached hydrogen (secondary N) is 1. The fourth-order valence-electron chi connectivity index (χ4n) is 4.41. The topological polar surface area (TPSA) is 105 Å². The fraction of sp³-hybridized carbons (Fsp3) is 0.333. The molecule has 0 bridgehead atoms. The third-order valence-corrected chi connectivity index (χ3v) is 8.37. The van der Waals surface area contributed by atoms with E-state index in [4.69, 9.17) is 9.47 Å². The van der Waals surface area contributed by atoms with E-state index in [0.717, 1.165) is 15.4 Å². The van der Waals surface area contributed by atoms with Gasteiger partial charge in [0.15, 0.2) is 11.5 Å². The van der Waals surface area contributed by atoms with Gasteiger partial charge >= 0.3 is 0 Å². The van der Waals surface area contributed by atoms with Gasteiger partial charge in [-0.05, 0) is 55.7 Å². The second-order valence-corrected chi connectivity index (χ2v) is 11.0. The van der Waals surface area contributed by atoms with Crippen LogP contribution in [0.4, 0.5) is 5.69 Å². The summed E-state index contributed by atoms with van der Waals surface area (Å²) in [4.78, 5) is 28.5. The summed E-state index contributed by atoms with van der Waals surface area (Å²) < 4.78 is 39.7. The molecule has 9 nitrogen and oxygen atoms in total. The lowest BCUT2D eigenvalue weighted by molar-refractivity contribution is -0.140. The van der Waals surface area contributed by atoms with Crippen molar-refractivity contribution >= 4 is 27.5 Å². The molecule has 0 unspecified atom stereocenters. The molecule has 0 saturated carbocycles. The van der Waals surface area contributed by atoms with Crippen LogP contribution < -0.4 is 19.1 Å². The number of aryl methyl sites for hydroxylation is 1. The SMILES string of the molecule is CCNC(=O)[C@@H](CC)N(Cc1ccccc1C)C(=O)CN(c1ccccc1)S(=O)(=O)c1ccc(OC)c(OC)c1. The van der Waals surface area contributed by atoms with Gasteiger partial charge in [0.25, 0.3) is 10.0 Å². The molecule has 0 spiro atoms. The van der Waals surface area contributed by atoms with Crippen LogP contribution >= 0.6 is 0 Å². The first kappa shape index (κ1) is 30.5.